The van der Waals surface area contributed by atoms with Crippen LogP contribution >= 0.6 is 0 Å². The van der Waals surface area contributed by atoms with Gasteiger partial charge in [-0.3, -0.25) is 9.59 Å². The lowest BCUT2D eigenvalue weighted by molar-refractivity contribution is -0.386. The van der Waals surface area contributed by atoms with Crippen LogP contribution in [0.3, 0.4) is 0 Å². The van der Waals surface area contributed by atoms with Gasteiger partial charge in [0, 0.05) is 19.8 Å². The average Bonchev–Trinajstić information content (AvgIpc) is 0.761. The Bertz CT molecular complexity index is 1900. The maximum Gasteiger partial charge on any atom is 0.364 e. The van der Waals surface area contributed by atoms with Gasteiger partial charge in [-0.05, 0) is 12.8 Å². The molecule has 0 aliphatic carbocycles. The number of carbonyl (C=O) groups excluding carboxylic acids is 2. The number of hydrogen-bond donors (Lipinski definition) is 14. The summed E-state index contributed by atoms with van der Waals surface area (Å²) in [6.45, 7) is 2.25. The first-order valence-corrected chi connectivity index (χ1v) is 37.4. The summed E-state index contributed by atoms with van der Waals surface area (Å²) in [5.74, 6) is -6.09. The molecule has 23 heteroatoms. The Balaban J connectivity index is 1.56. The summed E-state index contributed by atoms with van der Waals surface area (Å²) in [5, 5.41) is 136. The number of nitrogens with one attached hydrogen (secondary N) is 2. The van der Waals surface area contributed by atoms with Crippen LogP contribution in [0.1, 0.15) is 297 Å². The minimum absolute atomic E-state index is 0.229. The van der Waals surface area contributed by atoms with Crippen molar-refractivity contribution >= 4 is 17.8 Å². The fraction of sp³-hybridized carbons (Fsp3) is 0.958. The molecule has 0 aromatic rings. The second-order valence-corrected chi connectivity index (χ2v) is 27.5. The molecule has 3 aliphatic heterocycles. The number of carboxylic acid groups (broad SMARTS) is 1. The SMILES string of the molecule is CCCCCCCCCCCCCCCCCCCCCCCCC(O)C(COC1OC(CO)C(OC2OC(CO)C(O)C(OC3(C(=O)O)CC(O)C(NC(C)=O)C(C(O)C(O)CO)O3)C2O)C(O)C1O)NC(=O)CCCCCCCCCCCCCCCCCCCC. The Labute approximate surface area is 563 Å². The molecule has 0 spiro atoms. The molecule has 0 saturated carbocycles. The highest BCUT2D eigenvalue weighted by Crippen LogP contribution is 2.39. The van der Waals surface area contributed by atoms with E-state index in [1.807, 2.05) is 0 Å². The molecule has 0 aromatic heterocycles. The van der Waals surface area contributed by atoms with Crippen molar-refractivity contribution in [3.05, 3.63) is 0 Å². The third-order valence-corrected chi connectivity index (χ3v) is 19.3. The second-order valence-electron chi connectivity index (χ2n) is 27.5. The zero-order valence-electron chi connectivity index (χ0n) is 58.1. The van der Waals surface area contributed by atoms with Crippen LogP contribution in [0.25, 0.3) is 0 Å². The van der Waals surface area contributed by atoms with Gasteiger partial charge in [0.15, 0.2) is 12.6 Å². The summed E-state index contributed by atoms with van der Waals surface area (Å²) in [6.07, 6.45) is 20.9. The van der Waals surface area contributed by atoms with Gasteiger partial charge in [0.05, 0.1) is 50.7 Å². The van der Waals surface area contributed by atoms with Crippen LogP contribution < -0.4 is 10.6 Å². The summed E-state index contributed by atoms with van der Waals surface area (Å²) in [6, 6.07) is -2.52. The van der Waals surface area contributed by atoms with E-state index in [1.165, 1.54) is 199 Å². The highest BCUT2D eigenvalue weighted by molar-refractivity contribution is 5.77. The van der Waals surface area contributed by atoms with Gasteiger partial charge < -0.3 is 100 Å². The summed E-state index contributed by atoms with van der Waals surface area (Å²) in [5.41, 5.74) is 0. The average molecular weight is 1350 g/mol. The Kier molecular flexibility index (Phi) is 47.4. The van der Waals surface area contributed by atoms with Crippen LogP contribution in [0.2, 0.25) is 0 Å². The van der Waals surface area contributed by atoms with Crippen molar-refractivity contribution in [3.63, 3.8) is 0 Å². The van der Waals surface area contributed by atoms with Crippen molar-refractivity contribution < 1.29 is 104 Å². The molecule has 14 N–H and O–H groups in total. The largest absolute Gasteiger partial charge is 0.477 e. The monoisotopic (exact) mass is 1350 g/mol. The molecule has 3 aliphatic rings. The first kappa shape index (κ1) is 86.0. The quantitative estimate of drug-likeness (QED) is 0.0256. The molecule has 0 aromatic carbocycles. The van der Waals surface area contributed by atoms with Gasteiger partial charge in [0.25, 0.3) is 5.79 Å². The van der Waals surface area contributed by atoms with Gasteiger partial charge in [-0.2, -0.15) is 0 Å². The Morgan fingerprint density at radius 1 is 0.511 bits per heavy atom. The van der Waals surface area contributed by atoms with Crippen LogP contribution in [0, 0.1) is 0 Å². The van der Waals surface area contributed by atoms with E-state index in [-0.39, 0.29) is 18.9 Å². The van der Waals surface area contributed by atoms with E-state index < -0.39 is 148 Å². The maximum absolute atomic E-state index is 13.5. The number of rotatable bonds is 58. The third kappa shape index (κ3) is 33.3. The van der Waals surface area contributed by atoms with Gasteiger partial charge in [0.1, 0.15) is 67.1 Å². The number of ether oxygens (including phenoxy) is 6. The molecule has 3 rings (SSSR count). The lowest BCUT2D eigenvalue weighted by Gasteiger charge is -2.50. The zero-order valence-corrected chi connectivity index (χ0v) is 58.1. The fourth-order valence-electron chi connectivity index (χ4n) is 13.4. The number of aliphatic hydroxyl groups excluding tert-OH is 11. The molecular formula is C71H134N2O21. The molecule has 2 amide bonds. The van der Waals surface area contributed by atoms with Gasteiger partial charge in [-0.15, -0.1) is 0 Å². The number of aliphatic hydroxyl groups is 11. The minimum Gasteiger partial charge on any atom is -0.477 e. The predicted octanol–water partition coefficient (Wildman–Crippen LogP) is 8.07. The van der Waals surface area contributed by atoms with Crippen molar-refractivity contribution in [2.45, 2.75) is 407 Å². The van der Waals surface area contributed by atoms with E-state index in [0.29, 0.717) is 19.3 Å². The topological polar surface area (TPSA) is 373 Å². The second kappa shape index (κ2) is 51.8. The fourth-order valence-corrected chi connectivity index (χ4v) is 13.4. The molecular weight excluding hydrogens is 1220 g/mol. The molecule has 3 saturated heterocycles. The van der Waals surface area contributed by atoms with E-state index in [1.54, 1.807) is 0 Å². The lowest BCUT2D eigenvalue weighted by atomic mass is 9.88. The van der Waals surface area contributed by atoms with Crippen molar-refractivity contribution in [1.82, 2.24) is 10.6 Å². The van der Waals surface area contributed by atoms with Crippen LogP contribution in [0.4, 0.5) is 0 Å². The zero-order chi connectivity index (χ0) is 68.9. The maximum atomic E-state index is 13.5. The Hall–Kier alpha value is -2.27. The summed E-state index contributed by atoms with van der Waals surface area (Å²) in [7, 11) is 0. The first-order valence-electron chi connectivity index (χ1n) is 37.4. The highest BCUT2D eigenvalue weighted by atomic mass is 16.8. The number of amides is 2. The molecule has 0 bridgehead atoms. The lowest BCUT2D eigenvalue weighted by Crippen LogP contribution is -2.70. The number of carbonyl (C=O) groups is 3. The summed E-state index contributed by atoms with van der Waals surface area (Å²) in [4.78, 5) is 38.6. The van der Waals surface area contributed by atoms with Crippen molar-refractivity contribution in [2.75, 3.05) is 26.4 Å². The number of carboxylic acids is 1. The number of hydrogen-bond acceptors (Lipinski definition) is 20. The van der Waals surface area contributed by atoms with Crippen LogP contribution in [0.5, 0.6) is 0 Å². The number of aliphatic carboxylic acids is 1. The molecule has 3 fully saturated rings. The van der Waals surface area contributed by atoms with Gasteiger partial charge in [-0.25, -0.2) is 4.79 Å². The molecule has 3 heterocycles. The summed E-state index contributed by atoms with van der Waals surface area (Å²) >= 11 is 0. The highest BCUT2D eigenvalue weighted by Gasteiger charge is 2.60. The molecule has 18 atom stereocenters. The van der Waals surface area contributed by atoms with Gasteiger partial charge in [-0.1, -0.05) is 264 Å². The molecule has 94 heavy (non-hydrogen) atoms. The Morgan fingerprint density at radius 2 is 0.926 bits per heavy atom. The van der Waals surface area contributed by atoms with Crippen LogP contribution in [-0.2, 0) is 42.8 Å². The molecule has 0 radical (unpaired) electrons. The van der Waals surface area contributed by atoms with E-state index in [4.69, 9.17) is 28.4 Å². The number of unbranched alkanes of at least 4 members (excludes halogenated alkanes) is 38. The normalized spacial score (nSPS) is 27.8. The summed E-state index contributed by atoms with van der Waals surface area (Å²) < 4.78 is 34.9. The Morgan fingerprint density at radius 3 is 1.33 bits per heavy atom. The molecule has 23 nitrogen and oxygen atoms in total. The van der Waals surface area contributed by atoms with Crippen LogP contribution in [0.15, 0.2) is 0 Å². The van der Waals surface area contributed by atoms with Gasteiger partial charge >= 0.3 is 5.97 Å². The smallest absolute Gasteiger partial charge is 0.364 e. The van der Waals surface area contributed by atoms with E-state index in [9.17, 15) is 75.7 Å². The van der Waals surface area contributed by atoms with Crippen LogP contribution in [-0.4, -0.2) is 215 Å². The first-order chi connectivity index (χ1) is 45.4. The predicted molar refractivity (Wildman–Crippen MR) is 357 cm³/mol. The van der Waals surface area contributed by atoms with Gasteiger partial charge in [0.2, 0.25) is 11.8 Å². The van der Waals surface area contributed by atoms with E-state index in [2.05, 4.69) is 24.5 Å². The van der Waals surface area contributed by atoms with E-state index in [0.717, 1.165) is 51.9 Å². The molecule has 18 unspecified atom stereocenters. The standard InChI is InChI=1S/C71H134N2O21/c1-4-6-8-10-12-14-16-18-20-22-24-25-26-27-28-30-32-34-36-38-40-42-44-53(78)52(73-58(81)45-43-41-39-37-35-33-31-29-23-21-19-17-15-13-11-9-7-5-2)50-89-68-63(85)62(84)65(57(49-76)91-68)92-69-64(86)67(61(83)56(48-75)90-69)94-71(70(87)88)46-54(79)59(72-51(3)77)66(93-71)60(82)55(80)47-74/h52-57,59-69,74-76,78-80,82-86H,4-50H2,1-3H3,(H,72,77)(H,73,81)(H,87,88). The third-order valence-electron chi connectivity index (χ3n) is 19.3. The van der Waals surface area contributed by atoms with E-state index >= 15 is 0 Å². The van der Waals surface area contributed by atoms with Crippen molar-refractivity contribution in [1.29, 1.82) is 0 Å². The van der Waals surface area contributed by atoms with Crippen molar-refractivity contribution in [3.8, 4) is 0 Å². The minimum atomic E-state index is -3.08. The van der Waals surface area contributed by atoms with Crippen molar-refractivity contribution in [2.24, 2.45) is 0 Å². The molecule has 554 valence electrons.